The van der Waals surface area contributed by atoms with Gasteiger partial charge in [-0.3, -0.25) is 4.79 Å². The molecule has 1 fully saturated rings. The van der Waals surface area contributed by atoms with Gasteiger partial charge in [0.05, 0.1) is 20.3 Å². The molecule has 0 atom stereocenters. The van der Waals surface area contributed by atoms with Gasteiger partial charge in [0.2, 0.25) is 5.91 Å². The number of ether oxygens (including phenoxy) is 3. The number of methoxy groups -OCH3 is 1. The molecular weight excluding hydrogens is 492 g/mol. The molecule has 9 nitrogen and oxygen atoms in total. The topological polar surface area (TPSA) is 103 Å². The minimum Gasteiger partial charge on any atom is -0.467 e. The number of nitrogens with zero attached hydrogens (tertiary/aromatic N) is 3. The zero-order valence-corrected chi connectivity index (χ0v) is 21.8. The highest BCUT2D eigenvalue weighted by atomic mass is 32.2. The average molecular weight is 523 g/mol. The molecule has 0 spiro atoms. The van der Waals surface area contributed by atoms with Gasteiger partial charge in [-0.15, -0.1) is 0 Å². The van der Waals surface area contributed by atoms with Crippen LogP contribution < -0.4 is 10.2 Å². The van der Waals surface area contributed by atoms with Gasteiger partial charge in [-0.25, -0.2) is 14.8 Å². The zero-order chi connectivity index (χ0) is 26.0. The Hall–Kier alpha value is -3.47. The Balaban J connectivity index is 1.32. The smallest absolute Gasteiger partial charge is 0.331 e. The van der Waals surface area contributed by atoms with Gasteiger partial charge in [-0.2, -0.15) is 0 Å². The molecule has 1 amide bonds. The van der Waals surface area contributed by atoms with E-state index in [2.05, 4.69) is 44.2 Å². The van der Waals surface area contributed by atoms with E-state index < -0.39 is 5.97 Å². The molecule has 1 N–H and O–H groups in total. The van der Waals surface area contributed by atoms with Crippen LogP contribution in [-0.4, -0.2) is 68.5 Å². The molecule has 3 aromatic rings. The van der Waals surface area contributed by atoms with Crippen molar-refractivity contribution >= 4 is 35.0 Å². The van der Waals surface area contributed by atoms with Crippen molar-refractivity contribution in [1.82, 2.24) is 9.97 Å². The van der Waals surface area contributed by atoms with Gasteiger partial charge < -0.3 is 24.4 Å². The van der Waals surface area contributed by atoms with Crippen LogP contribution in [0.2, 0.25) is 0 Å². The molecule has 0 radical (unpaired) electrons. The zero-order valence-electron chi connectivity index (χ0n) is 20.9. The van der Waals surface area contributed by atoms with Crippen LogP contribution in [0.3, 0.4) is 0 Å². The average Bonchev–Trinajstić information content (AvgIpc) is 2.92. The molecule has 194 valence electrons. The number of amides is 1. The molecule has 0 bridgehead atoms. The number of hydrogen-bond donors (Lipinski definition) is 1. The Morgan fingerprint density at radius 1 is 1.05 bits per heavy atom. The van der Waals surface area contributed by atoms with Crippen molar-refractivity contribution in [3.8, 4) is 0 Å². The van der Waals surface area contributed by atoms with E-state index in [-0.39, 0.29) is 19.1 Å². The number of hydrogen-bond acceptors (Lipinski definition) is 9. The fraction of sp³-hybridized carbons (Fsp3) is 0.333. The van der Waals surface area contributed by atoms with E-state index in [0.29, 0.717) is 12.1 Å². The second-order valence-corrected chi connectivity index (χ2v) is 9.52. The summed E-state index contributed by atoms with van der Waals surface area (Å²) in [6, 6.07) is 16.0. The quantitative estimate of drug-likeness (QED) is 0.317. The third-order valence-corrected chi connectivity index (χ3v) is 6.80. The van der Waals surface area contributed by atoms with Crippen molar-refractivity contribution in [2.24, 2.45) is 0 Å². The number of aromatic nitrogens is 2. The molecule has 1 saturated heterocycles. The summed E-state index contributed by atoms with van der Waals surface area (Å²) in [7, 11) is 1.26. The lowest BCUT2D eigenvalue weighted by molar-refractivity contribution is -0.146. The van der Waals surface area contributed by atoms with Gasteiger partial charge >= 0.3 is 5.97 Å². The maximum atomic E-state index is 12.0. The lowest BCUT2D eigenvalue weighted by atomic mass is 10.1. The Labute approximate surface area is 220 Å². The van der Waals surface area contributed by atoms with E-state index in [9.17, 15) is 9.59 Å². The molecule has 0 aliphatic carbocycles. The van der Waals surface area contributed by atoms with E-state index >= 15 is 0 Å². The fourth-order valence-electron chi connectivity index (χ4n) is 3.68. The molecule has 1 aliphatic heterocycles. The van der Waals surface area contributed by atoms with Crippen LogP contribution in [0.15, 0.2) is 64.6 Å². The first-order valence-electron chi connectivity index (χ1n) is 12.0. The molecule has 1 aliphatic rings. The largest absolute Gasteiger partial charge is 0.467 e. The predicted octanol–water partition coefficient (Wildman–Crippen LogP) is 3.49. The van der Waals surface area contributed by atoms with E-state index in [1.165, 1.54) is 12.8 Å². The molecule has 10 heteroatoms. The Morgan fingerprint density at radius 3 is 2.49 bits per heavy atom. The number of rotatable bonds is 10. The van der Waals surface area contributed by atoms with Crippen LogP contribution in [0.25, 0.3) is 0 Å². The summed E-state index contributed by atoms with van der Waals surface area (Å²) in [5.41, 5.74) is 4.00. The number of esters is 1. The van der Waals surface area contributed by atoms with E-state index in [0.717, 1.165) is 53.2 Å². The predicted molar refractivity (Wildman–Crippen MR) is 141 cm³/mol. The minimum absolute atomic E-state index is 0.232. The number of aryl methyl sites for hydroxylation is 1. The maximum absolute atomic E-state index is 12.0. The summed E-state index contributed by atoms with van der Waals surface area (Å²) in [4.78, 5) is 35.7. The lowest BCUT2D eigenvalue weighted by Crippen LogP contribution is -2.36. The first-order chi connectivity index (χ1) is 18.0. The fourth-order valence-corrected chi connectivity index (χ4v) is 4.54. The van der Waals surface area contributed by atoms with Crippen LogP contribution in [0, 0.1) is 6.92 Å². The summed E-state index contributed by atoms with van der Waals surface area (Å²) in [6.07, 6.45) is 2.51. The molecular formula is C27H30N4O5S. The molecule has 2 heterocycles. The van der Waals surface area contributed by atoms with Gasteiger partial charge in [0.1, 0.15) is 24.1 Å². The summed E-state index contributed by atoms with van der Waals surface area (Å²) < 4.78 is 14.9. The van der Waals surface area contributed by atoms with Crippen LogP contribution in [0.1, 0.15) is 17.0 Å². The number of morpholine rings is 1. The van der Waals surface area contributed by atoms with Crippen molar-refractivity contribution in [2.75, 3.05) is 56.8 Å². The standard InChI is InChI=1S/C27H30N4O5S/c1-19-16-28-24(15-20-3-7-22(8-4-20)31-11-13-35-14-12-31)30-27(19)37-23-9-5-21(6-10-23)29-25(32)17-36-18-26(33)34-2/h3-10,16H,11-15,17-18H2,1-2H3,(H,29,32). The summed E-state index contributed by atoms with van der Waals surface area (Å²) in [5, 5.41) is 3.63. The highest BCUT2D eigenvalue weighted by Crippen LogP contribution is 2.29. The number of nitrogens with one attached hydrogen (secondary N) is 1. The summed E-state index contributed by atoms with van der Waals surface area (Å²) >= 11 is 1.55. The van der Waals surface area contributed by atoms with Gasteiger partial charge in [0, 0.05) is 42.0 Å². The molecule has 37 heavy (non-hydrogen) atoms. The van der Waals surface area contributed by atoms with E-state index in [4.69, 9.17) is 14.5 Å². The number of carbonyl (C=O) groups excluding carboxylic acids is 2. The number of carbonyl (C=O) groups is 2. The number of benzene rings is 2. The first kappa shape index (κ1) is 26.6. The Morgan fingerprint density at radius 2 is 1.78 bits per heavy atom. The molecule has 1 aromatic heterocycles. The monoisotopic (exact) mass is 522 g/mol. The van der Waals surface area contributed by atoms with Gasteiger partial charge in [0.25, 0.3) is 0 Å². The third-order valence-electron chi connectivity index (χ3n) is 5.68. The first-order valence-corrected chi connectivity index (χ1v) is 12.8. The third kappa shape index (κ3) is 8.01. The van der Waals surface area contributed by atoms with Crippen LogP contribution in [-0.2, 0) is 30.2 Å². The van der Waals surface area contributed by atoms with Crippen molar-refractivity contribution in [3.05, 3.63) is 71.7 Å². The van der Waals surface area contributed by atoms with Gasteiger partial charge in [-0.1, -0.05) is 23.9 Å². The molecule has 2 aromatic carbocycles. The SMILES string of the molecule is COC(=O)COCC(=O)Nc1ccc(Sc2nc(Cc3ccc(N4CCOCC4)cc3)ncc2C)cc1. The normalized spacial score (nSPS) is 13.3. The van der Waals surface area contributed by atoms with Gasteiger partial charge in [0.15, 0.2) is 0 Å². The molecule has 0 saturated carbocycles. The second kappa shape index (κ2) is 13.2. The van der Waals surface area contributed by atoms with Crippen molar-refractivity contribution in [3.63, 3.8) is 0 Å². The van der Waals surface area contributed by atoms with Gasteiger partial charge in [-0.05, 0) is 54.4 Å². The lowest BCUT2D eigenvalue weighted by Gasteiger charge is -2.28. The van der Waals surface area contributed by atoms with Crippen molar-refractivity contribution in [2.45, 2.75) is 23.3 Å². The number of anilines is 2. The van der Waals surface area contributed by atoms with Crippen molar-refractivity contribution < 1.29 is 23.8 Å². The second-order valence-electron chi connectivity index (χ2n) is 8.46. The minimum atomic E-state index is -0.529. The molecule has 0 unspecified atom stereocenters. The van der Waals surface area contributed by atoms with Crippen LogP contribution in [0.5, 0.6) is 0 Å². The highest BCUT2D eigenvalue weighted by molar-refractivity contribution is 7.99. The van der Waals surface area contributed by atoms with E-state index in [1.807, 2.05) is 37.4 Å². The summed E-state index contributed by atoms with van der Waals surface area (Å²) in [5.74, 6) is -0.110. The Bertz CT molecular complexity index is 1200. The molecule has 4 rings (SSSR count). The van der Waals surface area contributed by atoms with Crippen LogP contribution in [0.4, 0.5) is 11.4 Å². The maximum Gasteiger partial charge on any atom is 0.331 e. The summed E-state index contributed by atoms with van der Waals surface area (Å²) in [6.45, 7) is 4.87. The highest BCUT2D eigenvalue weighted by Gasteiger charge is 2.12. The Kier molecular flexibility index (Phi) is 9.47. The van der Waals surface area contributed by atoms with Crippen LogP contribution >= 0.6 is 11.8 Å². The van der Waals surface area contributed by atoms with E-state index in [1.54, 1.807) is 11.8 Å². The van der Waals surface area contributed by atoms with Crippen molar-refractivity contribution in [1.29, 1.82) is 0 Å².